The van der Waals surface area contributed by atoms with Gasteiger partial charge in [-0.2, -0.15) is 0 Å². The molecule has 94 valence electrons. The first kappa shape index (κ1) is 11.1. The summed E-state index contributed by atoms with van der Waals surface area (Å²) < 4.78 is 12.1. The summed E-state index contributed by atoms with van der Waals surface area (Å²) in [5.41, 5.74) is 0.623. The minimum absolute atomic E-state index is 0.0107. The molecule has 2 aromatic rings. The maximum absolute atomic E-state index is 12.3. The van der Waals surface area contributed by atoms with Crippen LogP contribution in [0.1, 0.15) is 18.9 Å². The second-order valence-electron chi connectivity index (χ2n) is 4.41. The Kier molecular flexibility index (Phi) is 2.47. The molecule has 1 aliphatic rings. The molecule has 0 aliphatic heterocycles. The Morgan fingerprint density at radius 3 is 2.50 bits per heavy atom. The van der Waals surface area contributed by atoms with Crippen LogP contribution in [0.5, 0.6) is 11.5 Å². The first-order chi connectivity index (χ1) is 8.74. The largest absolute Gasteiger partial charge is 0.493 e. The number of methoxy groups -OCH3 is 2. The van der Waals surface area contributed by atoms with E-state index in [0.29, 0.717) is 28.4 Å². The van der Waals surface area contributed by atoms with Crippen LogP contribution in [0.2, 0.25) is 0 Å². The second-order valence-corrected chi connectivity index (χ2v) is 4.41. The number of benzene rings is 1. The standard InChI is InChI=1S/C13H14N2O3/c1-17-11-5-9-10(6-12(11)18-2)14-7-15(13(9)16)8-3-4-8/h5-8H,3-4H2,1-2H3. The van der Waals surface area contributed by atoms with Crippen molar-refractivity contribution in [3.8, 4) is 11.5 Å². The lowest BCUT2D eigenvalue weighted by molar-refractivity contribution is 0.355. The van der Waals surface area contributed by atoms with Crippen LogP contribution in [0, 0.1) is 0 Å². The van der Waals surface area contributed by atoms with Crippen molar-refractivity contribution in [3.63, 3.8) is 0 Å². The van der Waals surface area contributed by atoms with Crippen molar-refractivity contribution in [2.24, 2.45) is 0 Å². The molecule has 0 bridgehead atoms. The zero-order chi connectivity index (χ0) is 12.7. The summed E-state index contributed by atoms with van der Waals surface area (Å²) in [4.78, 5) is 16.6. The van der Waals surface area contributed by atoms with E-state index in [1.165, 1.54) is 0 Å². The van der Waals surface area contributed by atoms with Gasteiger partial charge in [-0.15, -0.1) is 0 Å². The molecule has 0 amide bonds. The molecule has 1 fully saturated rings. The highest BCUT2D eigenvalue weighted by molar-refractivity contribution is 5.81. The number of ether oxygens (including phenoxy) is 2. The maximum Gasteiger partial charge on any atom is 0.261 e. The Morgan fingerprint density at radius 1 is 1.22 bits per heavy atom. The lowest BCUT2D eigenvalue weighted by Gasteiger charge is -2.09. The number of nitrogens with zero attached hydrogens (tertiary/aromatic N) is 2. The first-order valence-corrected chi connectivity index (χ1v) is 5.87. The number of rotatable bonds is 3. The van der Waals surface area contributed by atoms with Gasteiger partial charge >= 0.3 is 0 Å². The van der Waals surface area contributed by atoms with Crippen LogP contribution in [0.15, 0.2) is 23.3 Å². The topological polar surface area (TPSA) is 53.4 Å². The fraction of sp³-hybridized carbons (Fsp3) is 0.385. The van der Waals surface area contributed by atoms with Crippen molar-refractivity contribution in [3.05, 3.63) is 28.8 Å². The third-order valence-electron chi connectivity index (χ3n) is 3.23. The van der Waals surface area contributed by atoms with Gasteiger partial charge in [0.2, 0.25) is 0 Å². The Labute approximate surface area is 104 Å². The molecule has 18 heavy (non-hydrogen) atoms. The molecule has 1 aliphatic carbocycles. The minimum atomic E-state index is -0.0107. The summed E-state index contributed by atoms with van der Waals surface area (Å²) in [5, 5.41) is 0.571. The van der Waals surface area contributed by atoms with Gasteiger partial charge in [0.25, 0.3) is 5.56 Å². The van der Waals surface area contributed by atoms with Gasteiger partial charge < -0.3 is 9.47 Å². The minimum Gasteiger partial charge on any atom is -0.493 e. The number of hydrogen-bond donors (Lipinski definition) is 0. The molecule has 1 saturated carbocycles. The third kappa shape index (κ3) is 1.63. The van der Waals surface area contributed by atoms with Gasteiger partial charge in [0.15, 0.2) is 11.5 Å². The Bertz CT molecular complexity index is 659. The molecule has 1 aromatic heterocycles. The molecule has 0 atom stereocenters. The summed E-state index contributed by atoms with van der Waals surface area (Å²) in [6.07, 6.45) is 3.73. The molecule has 0 radical (unpaired) electrons. The van der Waals surface area contributed by atoms with Gasteiger partial charge in [0.1, 0.15) is 0 Å². The predicted octanol–water partition coefficient (Wildman–Crippen LogP) is 1.75. The van der Waals surface area contributed by atoms with Crippen molar-refractivity contribution >= 4 is 10.9 Å². The first-order valence-electron chi connectivity index (χ1n) is 5.87. The number of aromatic nitrogens is 2. The summed E-state index contributed by atoms with van der Waals surface area (Å²) in [7, 11) is 3.12. The van der Waals surface area contributed by atoms with Crippen molar-refractivity contribution in [2.75, 3.05) is 14.2 Å². The smallest absolute Gasteiger partial charge is 0.261 e. The third-order valence-corrected chi connectivity index (χ3v) is 3.23. The van der Waals surface area contributed by atoms with E-state index in [1.807, 2.05) is 0 Å². The Balaban J connectivity index is 2.27. The molecule has 5 nitrogen and oxygen atoms in total. The van der Waals surface area contributed by atoms with Gasteiger partial charge in [0, 0.05) is 12.1 Å². The van der Waals surface area contributed by atoms with Crippen LogP contribution in [0.4, 0.5) is 0 Å². The van der Waals surface area contributed by atoms with E-state index in [0.717, 1.165) is 12.8 Å². The Hall–Kier alpha value is -2.04. The zero-order valence-electron chi connectivity index (χ0n) is 10.3. The van der Waals surface area contributed by atoms with E-state index in [9.17, 15) is 4.79 Å². The molecule has 0 spiro atoms. The summed E-state index contributed by atoms with van der Waals surface area (Å²) in [6.45, 7) is 0. The highest BCUT2D eigenvalue weighted by Gasteiger charge is 2.25. The second kappa shape index (κ2) is 4.01. The molecular weight excluding hydrogens is 232 g/mol. The normalized spacial score (nSPS) is 14.8. The highest BCUT2D eigenvalue weighted by atomic mass is 16.5. The fourth-order valence-corrected chi connectivity index (χ4v) is 2.08. The SMILES string of the molecule is COc1cc2ncn(C3CC3)c(=O)c2cc1OC. The lowest BCUT2D eigenvalue weighted by Crippen LogP contribution is -2.19. The van der Waals surface area contributed by atoms with Gasteiger partial charge in [0.05, 0.1) is 31.4 Å². The molecular formula is C13H14N2O3. The monoisotopic (exact) mass is 246 g/mol. The van der Waals surface area contributed by atoms with E-state index in [1.54, 1.807) is 37.2 Å². The van der Waals surface area contributed by atoms with Crippen molar-refractivity contribution in [1.82, 2.24) is 9.55 Å². The van der Waals surface area contributed by atoms with Crippen LogP contribution < -0.4 is 15.0 Å². The van der Waals surface area contributed by atoms with E-state index >= 15 is 0 Å². The van der Waals surface area contributed by atoms with E-state index < -0.39 is 0 Å². The molecule has 0 saturated heterocycles. The van der Waals surface area contributed by atoms with Crippen LogP contribution in [0.25, 0.3) is 10.9 Å². The van der Waals surface area contributed by atoms with E-state index in [4.69, 9.17) is 9.47 Å². The highest BCUT2D eigenvalue weighted by Crippen LogP contribution is 2.34. The van der Waals surface area contributed by atoms with Crippen LogP contribution in [0.3, 0.4) is 0 Å². The van der Waals surface area contributed by atoms with Gasteiger partial charge in [-0.25, -0.2) is 4.98 Å². The van der Waals surface area contributed by atoms with E-state index in [2.05, 4.69) is 4.98 Å². The average molecular weight is 246 g/mol. The van der Waals surface area contributed by atoms with Crippen LogP contribution >= 0.6 is 0 Å². The molecule has 5 heteroatoms. The lowest BCUT2D eigenvalue weighted by atomic mass is 10.2. The quantitative estimate of drug-likeness (QED) is 0.828. The summed E-state index contributed by atoms with van der Waals surface area (Å²) in [5.74, 6) is 1.14. The van der Waals surface area contributed by atoms with Crippen molar-refractivity contribution in [2.45, 2.75) is 18.9 Å². The maximum atomic E-state index is 12.3. The molecule has 3 rings (SSSR count). The fourth-order valence-electron chi connectivity index (χ4n) is 2.08. The molecule has 1 heterocycles. The average Bonchev–Trinajstić information content (AvgIpc) is 3.22. The van der Waals surface area contributed by atoms with Gasteiger partial charge in [-0.05, 0) is 18.9 Å². The molecule has 0 N–H and O–H groups in total. The molecule has 0 unspecified atom stereocenters. The van der Waals surface area contributed by atoms with Gasteiger partial charge in [-0.1, -0.05) is 0 Å². The summed E-state index contributed by atoms with van der Waals surface area (Å²) in [6, 6.07) is 3.75. The number of fused-ring (bicyclic) bond motifs is 1. The van der Waals surface area contributed by atoms with Gasteiger partial charge in [-0.3, -0.25) is 9.36 Å². The van der Waals surface area contributed by atoms with Crippen LogP contribution in [-0.4, -0.2) is 23.8 Å². The van der Waals surface area contributed by atoms with Crippen LogP contribution in [-0.2, 0) is 0 Å². The molecule has 1 aromatic carbocycles. The predicted molar refractivity (Wildman–Crippen MR) is 67.4 cm³/mol. The van der Waals surface area contributed by atoms with Crippen molar-refractivity contribution in [1.29, 1.82) is 0 Å². The zero-order valence-corrected chi connectivity index (χ0v) is 10.3. The summed E-state index contributed by atoms with van der Waals surface area (Å²) >= 11 is 0. The number of hydrogen-bond acceptors (Lipinski definition) is 4. The van der Waals surface area contributed by atoms with Crippen molar-refractivity contribution < 1.29 is 9.47 Å². The Morgan fingerprint density at radius 2 is 1.89 bits per heavy atom. The van der Waals surface area contributed by atoms with E-state index in [-0.39, 0.29) is 5.56 Å².